The van der Waals surface area contributed by atoms with Crippen molar-refractivity contribution in [2.45, 2.75) is 13.0 Å². The highest BCUT2D eigenvalue weighted by Gasteiger charge is 2.22. The van der Waals surface area contributed by atoms with Gasteiger partial charge in [-0.15, -0.1) is 0 Å². The van der Waals surface area contributed by atoms with Crippen LogP contribution >= 0.6 is 0 Å². The van der Waals surface area contributed by atoms with Gasteiger partial charge in [0, 0.05) is 24.0 Å². The maximum atomic E-state index is 12.3. The van der Waals surface area contributed by atoms with Gasteiger partial charge in [0.15, 0.2) is 11.5 Å². The Morgan fingerprint density at radius 3 is 2.85 bits per heavy atom. The largest absolute Gasteiger partial charge is 0.449 e. The molecule has 0 saturated heterocycles. The number of rotatable bonds is 4. The van der Waals surface area contributed by atoms with Gasteiger partial charge in [-0.3, -0.25) is 9.78 Å². The molecule has 27 heavy (non-hydrogen) atoms. The summed E-state index contributed by atoms with van der Waals surface area (Å²) in [5.74, 6) is -0.549. The van der Waals surface area contributed by atoms with E-state index in [1.54, 1.807) is 55.7 Å². The number of nitrogens with zero attached hydrogens (tertiary/aromatic N) is 3. The van der Waals surface area contributed by atoms with Gasteiger partial charge in [-0.1, -0.05) is 17.3 Å². The Bertz CT molecular complexity index is 1170. The average Bonchev–Trinajstić information content (AvgIpc) is 3.19. The molecule has 3 heterocycles. The molecule has 8 nitrogen and oxygen atoms in total. The first-order valence-electron chi connectivity index (χ1n) is 8.09. The predicted octanol–water partition coefficient (Wildman–Crippen LogP) is 3.16. The van der Waals surface area contributed by atoms with E-state index in [0.717, 1.165) is 6.07 Å². The maximum Gasteiger partial charge on any atom is 0.375 e. The molecular formula is C19H13N3O5. The van der Waals surface area contributed by atoms with Crippen LogP contribution < -0.4 is 5.43 Å². The number of aromatic nitrogens is 3. The van der Waals surface area contributed by atoms with Crippen LogP contribution in [-0.2, 0) is 4.74 Å². The summed E-state index contributed by atoms with van der Waals surface area (Å²) in [6.07, 6.45) is 2.40. The van der Waals surface area contributed by atoms with Crippen molar-refractivity contribution in [3.8, 4) is 11.4 Å². The first kappa shape index (κ1) is 16.6. The molecule has 0 amide bonds. The summed E-state index contributed by atoms with van der Waals surface area (Å²) in [4.78, 5) is 32.6. The molecule has 4 rings (SSSR count). The fourth-order valence-electron chi connectivity index (χ4n) is 2.49. The first-order valence-corrected chi connectivity index (χ1v) is 8.09. The maximum absolute atomic E-state index is 12.3. The molecule has 0 saturated carbocycles. The highest BCUT2D eigenvalue weighted by molar-refractivity contribution is 5.89. The van der Waals surface area contributed by atoms with Crippen molar-refractivity contribution in [3.05, 3.63) is 76.7 Å². The Balaban J connectivity index is 1.55. The second-order valence-electron chi connectivity index (χ2n) is 5.72. The van der Waals surface area contributed by atoms with Crippen molar-refractivity contribution in [2.24, 2.45) is 0 Å². The third-order valence-corrected chi connectivity index (χ3v) is 3.83. The minimum Gasteiger partial charge on any atom is -0.449 e. The number of carbonyl (C=O) groups is 1. The van der Waals surface area contributed by atoms with Gasteiger partial charge in [0.25, 0.3) is 5.89 Å². The third-order valence-electron chi connectivity index (χ3n) is 3.83. The van der Waals surface area contributed by atoms with Gasteiger partial charge in [0.2, 0.25) is 11.6 Å². The molecular weight excluding hydrogens is 350 g/mol. The van der Waals surface area contributed by atoms with Gasteiger partial charge < -0.3 is 13.7 Å². The zero-order valence-electron chi connectivity index (χ0n) is 14.2. The molecule has 0 radical (unpaired) electrons. The van der Waals surface area contributed by atoms with E-state index in [4.69, 9.17) is 13.7 Å². The van der Waals surface area contributed by atoms with Crippen LogP contribution in [0.2, 0.25) is 0 Å². The summed E-state index contributed by atoms with van der Waals surface area (Å²) < 4.78 is 15.9. The van der Waals surface area contributed by atoms with E-state index >= 15 is 0 Å². The number of pyridine rings is 1. The van der Waals surface area contributed by atoms with E-state index in [1.165, 1.54) is 0 Å². The van der Waals surface area contributed by atoms with Crippen molar-refractivity contribution < 1.29 is 18.5 Å². The second kappa shape index (κ2) is 6.83. The van der Waals surface area contributed by atoms with Crippen LogP contribution in [0.3, 0.4) is 0 Å². The van der Waals surface area contributed by atoms with Crippen LogP contribution in [0.5, 0.6) is 0 Å². The van der Waals surface area contributed by atoms with Gasteiger partial charge in [-0.05, 0) is 31.2 Å². The van der Waals surface area contributed by atoms with Crippen LogP contribution in [-0.4, -0.2) is 21.1 Å². The minimum absolute atomic E-state index is 0.116. The quantitative estimate of drug-likeness (QED) is 0.509. The molecule has 8 heteroatoms. The second-order valence-corrected chi connectivity index (χ2v) is 5.72. The van der Waals surface area contributed by atoms with E-state index in [2.05, 4.69) is 15.1 Å². The lowest BCUT2D eigenvalue weighted by molar-refractivity contribution is 0.0231. The van der Waals surface area contributed by atoms with E-state index in [1.807, 2.05) is 0 Å². The van der Waals surface area contributed by atoms with Crippen LogP contribution in [0.4, 0.5) is 0 Å². The number of ether oxygens (including phenoxy) is 1. The number of para-hydroxylation sites is 1. The van der Waals surface area contributed by atoms with Gasteiger partial charge >= 0.3 is 5.97 Å². The Hall–Kier alpha value is -3.81. The Morgan fingerprint density at radius 2 is 2.04 bits per heavy atom. The van der Waals surface area contributed by atoms with Crippen molar-refractivity contribution >= 4 is 16.9 Å². The minimum atomic E-state index is -0.827. The monoisotopic (exact) mass is 363 g/mol. The highest BCUT2D eigenvalue weighted by Crippen LogP contribution is 2.21. The molecule has 0 aliphatic rings. The van der Waals surface area contributed by atoms with Crippen LogP contribution in [0.15, 0.2) is 68.6 Å². The van der Waals surface area contributed by atoms with Crippen molar-refractivity contribution in [2.75, 3.05) is 0 Å². The number of esters is 1. The molecule has 0 N–H and O–H groups in total. The van der Waals surface area contributed by atoms with Gasteiger partial charge in [0.1, 0.15) is 5.58 Å². The summed E-state index contributed by atoms with van der Waals surface area (Å²) in [5.41, 5.74) is 0.654. The van der Waals surface area contributed by atoms with E-state index in [-0.39, 0.29) is 17.1 Å². The molecule has 1 aromatic carbocycles. The number of benzene rings is 1. The molecule has 0 spiro atoms. The summed E-state index contributed by atoms with van der Waals surface area (Å²) in [6.45, 7) is 1.58. The highest BCUT2D eigenvalue weighted by atomic mass is 16.6. The Kier molecular flexibility index (Phi) is 4.21. The van der Waals surface area contributed by atoms with Crippen LogP contribution in [0, 0.1) is 0 Å². The zero-order chi connectivity index (χ0) is 18.8. The van der Waals surface area contributed by atoms with Crippen molar-refractivity contribution in [3.63, 3.8) is 0 Å². The van der Waals surface area contributed by atoms with Gasteiger partial charge in [-0.2, -0.15) is 4.98 Å². The zero-order valence-corrected chi connectivity index (χ0v) is 14.2. The fraction of sp³-hybridized carbons (Fsp3) is 0.105. The predicted molar refractivity (Wildman–Crippen MR) is 93.8 cm³/mol. The molecule has 0 fully saturated rings. The molecule has 3 aromatic heterocycles. The van der Waals surface area contributed by atoms with E-state index < -0.39 is 12.1 Å². The van der Waals surface area contributed by atoms with Crippen molar-refractivity contribution in [1.29, 1.82) is 0 Å². The molecule has 4 aromatic rings. The topological polar surface area (TPSA) is 108 Å². The molecule has 0 aliphatic carbocycles. The SMILES string of the molecule is CC(OC(=O)c1cc(=O)c2ccccc2o1)c1nc(-c2cccnc2)no1. The standard InChI is InChI=1S/C19H13N3O5/c1-11(18-21-17(22-27-18)12-5-4-8-20-10-12)25-19(24)16-9-14(23)13-6-2-3-7-15(13)26-16/h2-11H,1H3. The summed E-state index contributed by atoms with van der Waals surface area (Å²) >= 11 is 0. The molecule has 1 atom stereocenters. The molecule has 134 valence electrons. The molecule has 1 unspecified atom stereocenters. The third kappa shape index (κ3) is 3.32. The number of fused-ring (bicyclic) bond motifs is 1. The molecule has 0 aliphatic heterocycles. The summed E-state index contributed by atoms with van der Waals surface area (Å²) in [5, 5.41) is 4.24. The number of hydrogen-bond acceptors (Lipinski definition) is 8. The van der Waals surface area contributed by atoms with Crippen LogP contribution in [0.25, 0.3) is 22.4 Å². The van der Waals surface area contributed by atoms with Gasteiger partial charge in [0.05, 0.1) is 5.39 Å². The van der Waals surface area contributed by atoms with E-state index in [9.17, 15) is 9.59 Å². The Labute approximate surface area is 152 Å². The summed E-state index contributed by atoms with van der Waals surface area (Å²) in [6, 6.07) is 11.3. The molecule has 0 bridgehead atoms. The first-order chi connectivity index (χ1) is 13.1. The Morgan fingerprint density at radius 1 is 1.19 bits per heavy atom. The lowest BCUT2D eigenvalue weighted by Gasteiger charge is -2.08. The normalized spacial score (nSPS) is 12.0. The average molecular weight is 363 g/mol. The smallest absolute Gasteiger partial charge is 0.375 e. The fourth-order valence-corrected chi connectivity index (χ4v) is 2.49. The summed E-state index contributed by atoms with van der Waals surface area (Å²) in [7, 11) is 0. The van der Waals surface area contributed by atoms with Crippen LogP contribution in [0.1, 0.15) is 29.5 Å². The van der Waals surface area contributed by atoms with Crippen molar-refractivity contribution in [1.82, 2.24) is 15.1 Å². The van der Waals surface area contributed by atoms with Gasteiger partial charge in [-0.25, -0.2) is 4.79 Å². The number of carbonyl (C=O) groups excluding carboxylic acids is 1. The lowest BCUT2D eigenvalue weighted by atomic mass is 10.2. The number of hydrogen-bond donors (Lipinski definition) is 0. The van der Waals surface area contributed by atoms with E-state index in [0.29, 0.717) is 22.4 Å². The lowest BCUT2D eigenvalue weighted by Crippen LogP contribution is -2.12.